The van der Waals surface area contributed by atoms with E-state index in [9.17, 15) is 0 Å². The molecule has 92 valence electrons. The van der Waals surface area contributed by atoms with Gasteiger partial charge in [-0.25, -0.2) is 0 Å². The lowest BCUT2D eigenvalue weighted by atomic mass is 10.1. The number of halogens is 1. The third-order valence-corrected chi connectivity index (χ3v) is 3.29. The number of ether oxygens (including phenoxy) is 1. The Balaban J connectivity index is 2.54. The predicted octanol–water partition coefficient (Wildman–Crippen LogP) is 2.73. The summed E-state index contributed by atoms with van der Waals surface area (Å²) in [5.41, 5.74) is 7.98. The van der Waals surface area contributed by atoms with E-state index in [2.05, 4.69) is 10.8 Å². The second-order valence-corrected chi connectivity index (χ2v) is 4.57. The topological polar surface area (TPSA) is 40.2 Å². The normalized spacial score (nSPS) is 11.1. The van der Waals surface area contributed by atoms with E-state index in [0.717, 1.165) is 24.1 Å². The highest BCUT2D eigenvalue weighted by Crippen LogP contribution is 2.32. The first-order valence-corrected chi connectivity index (χ1v) is 6.06. The molecule has 0 atom stereocenters. The number of methoxy groups -OCH3 is 1. The number of nitrogens with two attached hydrogens (primary N) is 1. The van der Waals surface area contributed by atoms with Crippen LogP contribution in [0.25, 0.3) is 10.9 Å². The highest BCUT2D eigenvalue weighted by atomic mass is 35.5. The maximum Gasteiger partial charge on any atom is 0.138 e. The Hall–Kier alpha value is -1.19. The zero-order valence-corrected chi connectivity index (χ0v) is 10.9. The molecule has 0 bridgehead atoms. The monoisotopic (exact) mass is 252 g/mol. The molecule has 0 amide bonds. The van der Waals surface area contributed by atoms with Gasteiger partial charge in [0.05, 0.1) is 12.1 Å². The zero-order chi connectivity index (χ0) is 12.4. The van der Waals surface area contributed by atoms with Crippen LogP contribution in [0, 0.1) is 0 Å². The molecule has 0 spiro atoms. The fourth-order valence-electron chi connectivity index (χ4n) is 2.11. The summed E-state index contributed by atoms with van der Waals surface area (Å²) in [4.78, 5) is 0. The van der Waals surface area contributed by atoms with Gasteiger partial charge >= 0.3 is 0 Å². The molecule has 3 nitrogen and oxygen atoms in total. The van der Waals surface area contributed by atoms with E-state index in [4.69, 9.17) is 22.1 Å². The summed E-state index contributed by atoms with van der Waals surface area (Å²) in [6.07, 6.45) is 4.11. The molecule has 0 fully saturated rings. The van der Waals surface area contributed by atoms with E-state index in [-0.39, 0.29) is 0 Å². The van der Waals surface area contributed by atoms with Crippen LogP contribution in [0.3, 0.4) is 0 Å². The van der Waals surface area contributed by atoms with Crippen molar-refractivity contribution in [2.45, 2.75) is 12.8 Å². The molecule has 17 heavy (non-hydrogen) atoms. The highest BCUT2D eigenvalue weighted by molar-refractivity contribution is 6.32. The molecule has 0 radical (unpaired) electrons. The average molecular weight is 253 g/mol. The lowest BCUT2D eigenvalue weighted by Gasteiger charge is -2.05. The van der Waals surface area contributed by atoms with Crippen molar-refractivity contribution < 1.29 is 4.74 Å². The molecule has 1 aromatic carbocycles. The van der Waals surface area contributed by atoms with Gasteiger partial charge in [-0.1, -0.05) is 11.6 Å². The van der Waals surface area contributed by atoms with E-state index in [1.54, 1.807) is 7.11 Å². The van der Waals surface area contributed by atoms with Crippen LogP contribution in [0.4, 0.5) is 0 Å². The molecular formula is C13H17ClN2O. The van der Waals surface area contributed by atoms with Gasteiger partial charge in [0.15, 0.2) is 0 Å². The van der Waals surface area contributed by atoms with E-state index in [1.165, 1.54) is 10.9 Å². The van der Waals surface area contributed by atoms with E-state index < -0.39 is 0 Å². The fraction of sp³-hybridized carbons (Fsp3) is 0.385. The third-order valence-electron chi connectivity index (χ3n) is 3.00. The molecule has 0 aliphatic rings. The summed E-state index contributed by atoms with van der Waals surface area (Å²) in [6.45, 7) is 0.709. The summed E-state index contributed by atoms with van der Waals surface area (Å²) in [5.74, 6) is 0.722. The molecule has 0 aliphatic carbocycles. The first-order valence-electron chi connectivity index (χ1n) is 5.69. The van der Waals surface area contributed by atoms with Gasteiger partial charge < -0.3 is 15.0 Å². The third kappa shape index (κ3) is 2.26. The smallest absolute Gasteiger partial charge is 0.138 e. The van der Waals surface area contributed by atoms with Crippen LogP contribution < -0.4 is 10.5 Å². The quantitative estimate of drug-likeness (QED) is 0.909. The zero-order valence-electron chi connectivity index (χ0n) is 10.2. The number of aryl methyl sites for hydroxylation is 2. The first-order chi connectivity index (χ1) is 8.17. The number of fused-ring (bicyclic) bond motifs is 1. The number of rotatable bonds is 4. The van der Waals surface area contributed by atoms with Gasteiger partial charge in [0.2, 0.25) is 0 Å². The summed E-state index contributed by atoms with van der Waals surface area (Å²) in [7, 11) is 3.66. The molecule has 0 unspecified atom stereocenters. The van der Waals surface area contributed by atoms with Crippen molar-refractivity contribution in [2.75, 3.05) is 13.7 Å². The summed E-state index contributed by atoms with van der Waals surface area (Å²) < 4.78 is 7.35. The number of hydrogen-bond donors (Lipinski definition) is 1. The van der Waals surface area contributed by atoms with Gasteiger partial charge in [-0.05, 0) is 37.1 Å². The molecule has 1 aromatic heterocycles. The minimum absolute atomic E-state index is 0.645. The van der Waals surface area contributed by atoms with Crippen LogP contribution in [-0.2, 0) is 13.5 Å². The van der Waals surface area contributed by atoms with E-state index in [0.29, 0.717) is 11.6 Å². The van der Waals surface area contributed by atoms with Crippen molar-refractivity contribution in [3.05, 3.63) is 28.9 Å². The van der Waals surface area contributed by atoms with Gasteiger partial charge in [-0.2, -0.15) is 0 Å². The fourth-order valence-corrected chi connectivity index (χ4v) is 2.35. The van der Waals surface area contributed by atoms with Gasteiger partial charge in [-0.15, -0.1) is 0 Å². The van der Waals surface area contributed by atoms with Crippen LogP contribution in [0.15, 0.2) is 18.3 Å². The highest BCUT2D eigenvalue weighted by Gasteiger charge is 2.10. The maximum atomic E-state index is 6.13. The number of aromatic nitrogens is 1. The van der Waals surface area contributed by atoms with Gasteiger partial charge in [0.25, 0.3) is 0 Å². The molecule has 0 saturated heterocycles. The largest absolute Gasteiger partial charge is 0.495 e. The van der Waals surface area contributed by atoms with Crippen molar-refractivity contribution in [3.8, 4) is 5.75 Å². The minimum Gasteiger partial charge on any atom is -0.495 e. The Kier molecular flexibility index (Phi) is 3.60. The molecule has 0 saturated carbocycles. The van der Waals surface area contributed by atoms with Crippen LogP contribution in [-0.4, -0.2) is 18.2 Å². The van der Waals surface area contributed by atoms with Gasteiger partial charge in [0.1, 0.15) is 5.75 Å². The Morgan fingerprint density at radius 3 is 2.82 bits per heavy atom. The van der Waals surface area contributed by atoms with Crippen LogP contribution in [0.2, 0.25) is 5.02 Å². The molecule has 1 heterocycles. The minimum atomic E-state index is 0.645. The number of benzene rings is 1. The van der Waals surface area contributed by atoms with Crippen molar-refractivity contribution in [1.29, 1.82) is 0 Å². The molecular weight excluding hydrogens is 236 g/mol. The Labute approximate surface area is 106 Å². The Morgan fingerprint density at radius 2 is 2.18 bits per heavy atom. The van der Waals surface area contributed by atoms with Crippen molar-refractivity contribution in [1.82, 2.24) is 4.57 Å². The molecule has 2 rings (SSSR count). The molecule has 2 aromatic rings. The first kappa shape index (κ1) is 12.3. The standard InChI is InChI=1S/C13H17ClN2O/c1-16-8-9(4-3-5-15)10-6-13(17-2)11(14)7-12(10)16/h6-8H,3-5,15H2,1-2H3. The molecule has 2 N–H and O–H groups in total. The van der Waals surface area contributed by atoms with Crippen molar-refractivity contribution in [3.63, 3.8) is 0 Å². The number of hydrogen-bond acceptors (Lipinski definition) is 2. The average Bonchev–Trinajstić information content (AvgIpc) is 2.62. The summed E-state index contributed by atoms with van der Waals surface area (Å²) >= 11 is 6.13. The van der Waals surface area contributed by atoms with Gasteiger partial charge in [0, 0.05) is 24.1 Å². The predicted molar refractivity (Wildman–Crippen MR) is 71.9 cm³/mol. The van der Waals surface area contributed by atoms with Crippen LogP contribution in [0.1, 0.15) is 12.0 Å². The molecule has 0 aliphatic heterocycles. The van der Waals surface area contributed by atoms with E-state index >= 15 is 0 Å². The Morgan fingerprint density at radius 1 is 1.41 bits per heavy atom. The van der Waals surface area contributed by atoms with Crippen molar-refractivity contribution >= 4 is 22.5 Å². The second-order valence-electron chi connectivity index (χ2n) is 4.16. The SMILES string of the molecule is COc1cc2c(CCCN)cn(C)c2cc1Cl. The Bertz CT molecular complexity index is 534. The van der Waals surface area contributed by atoms with Crippen LogP contribution in [0.5, 0.6) is 5.75 Å². The molecule has 4 heteroatoms. The van der Waals surface area contributed by atoms with E-state index in [1.807, 2.05) is 19.2 Å². The maximum absolute atomic E-state index is 6.13. The number of nitrogens with zero attached hydrogens (tertiary/aromatic N) is 1. The summed E-state index contributed by atoms with van der Waals surface area (Å²) in [5, 5.41) is 1.84. The van der Waals surface area contributed by atoms with Gasteiger partial charge in [-0.3, -0.25) is 0 Å². The van der Waals surface area contributed by atoms with Crippen LogP contribution >= 0.6 is 11.6 Å². The second kappa shape index (κ2) is 4.98. The van der Waals surface area contributed by atoms with Crippen molar-refractivity contribution in [2.24, 2.45) is 12.8 Å². The lowest BCUT2D eigenvalue weighted by Crippen LogP contribution is -1.99. The summed E-state index contributed by atoms with van der Waals surface area (Å²) in [6, 6.07) is 3.95. The lowest BCUT2D eigenvalue weighted by molar-refractivity contribution is 0.415.